The Kier molecular flexibility index (Phi) is 3.24. The molecule has 0 saturated heterocycles. The average molecular weight is 319 g/mol. The first-order valence-electron chi connectivity index (χ1n) is 7.27. The van der Waals surface area contributed by atoms with Crippen LogP contribution in [0.4, 0.5) is 5.82 Å². The van der Waals surface area contributed by atoms with Gasteiger partial charge in [-0.05, 0) is 12.1 Å². The SMILES string of the molecule is Nc1cc(-c2ccco2)nn1-c1nc(-c2ccccc2)cc(=O)[nH]1. The normalized spacial score (nSPS) is 10.8. The molecular weight excluding hydrogens is 306 g/mol. The lowest BCUT2D eigenvalue weighted by Gasteiger charge is -2.05. The molecule has 24 heavy (non-hydrogen) atoms. The molecule has 0 aliphatic carbocycles. The Balaban J connectivity index is 1.83. The Bertz CT molecular complexity index is 1030. The van der Waals surface area contributed by atoms with Crippen molar-refractivity contribution in [3.63, 3.8) is 0 Å². The minimum Gasteiger partial charge on any atom is -0.463 e. The molecule has 0 amide bonds. The number of nitrogen functional groups attached to an aromatic ring is 1. The van der Waals surface area contributed by atoms with Gasteiger partial charge >= 0.3 is 0 Å². The Labute approximate surface area is 136 Å². The van der Waals surface area contributed by atoms with Crippen molar-refractivity contribution in [2.24, 2.45) is 0 Å². The maximum Gasteiger partial charge on any atom is 0.252 e. The van der Waals surface area contributed by atoms with Gasteiger partial charge in [-0.3, -0.25) is 9.78 Å². The fourth-order valence-electron chi connectivity index (χ4n) is 2.41. The molecule has 0 aliphatic heterocycles. The van der Waals surface area contributed by atoms with Crippen LogP contribution in [-0.4, -0.2) is 19.7 Å². The summed E-state index contributed by atoms with van der Waals surface area (Å²) < 4.78 is 6.70. The number of H-pyrrole nitrogens is 1. The van der Waals surface area contributed by atoms with Gasteiger partial charge in [0.25, 0.3) is 5.56 Å². The third-order valence-corrected chi connectivity index (χ3v) is 3.51. The molecule has 0 saturated carbocycles. The van der Waals surface area contributed by atoms with Gasteiger partial charge in [0.05, 0.1) is 12.0 Å². The summed E-state index contributed by atoms with van der Waals surface area (Å²) in [7, 11) is 0. The largest absolute Gasteiger partial charge is 0.463 e. The van der Waals surface area contributed by atoms with Crippen molar-refractivity contribution >= 4 is 5.82 Å². The number of nitrogens with zero attached hydrogens (tertiary/aromatic N) is 3. The maximum atomic E-state index is 12.0. The van der Waals surface area contributed by atoms with Gasteiger partial charge in [-0.25, -0.2) is 4.98 Å². The molecule has 0 atom stereocenters. The fourth-order valence-corrected chi connectivity index (χ4v) is 2.41. The van der Waals surface area contributed by atoms with Gasteiger partial charge in [-0.15, -0.1) is 0 Å². The summed E-state index contributed by atoms with van der Waals surface area (Å²) in [6.45, 7) is 0. The van der Waals surface area contributed by atoms with Crippen molar-refractivity contribution in [1.82, 2.24) is 19.7 Å². The highest BCUT2D eigenvalue weighted by molar-refractivity contribution is 5.60. The molecule has 0 radical (unpaired) electrons. The first kappa shape index (κ1) is 14.0. The zero-order chi connectivity index (χ0) is 16.5. The van der Waals surface area contributed by atoms with Crippen LogP contribution in [-0.2, 0) is 0 Å². The fraction of sp³-hybridized carbons (Fsp3) is 0. The molecule has 3 N–H and O–H groups in total. The molecule has 7 nitrogen and oxygen atoms in total. The van der Waals surface area contributed by atoms with Gasteiger partial charge in [0, 0.05) is 17.7 Å². The third kappa shape index (κ3) is 2.48. The second-order valence-electron chi connectivity index (χ2n) is 5.16. The van der Waals surface area contributed by atoms with Crippen molar-refractivity contribution in [3.8, 4) is 28.7 Å². The predicted molar refractivity (Wildman–Crippen MR) is 89.5 cm³/mol. The number of furan rings is 1. The zero-order valence-corrected chi connectivity index (χ0v) is 12.5. The van der Waals surface area contributed by atoms with Crippen molar-refractivity contribution in [3.05, 3.63) is 71.2 Å². The molecule has 0 unspecified atom stereocenters. The Morgan fingerprint density at radius 3 is 2.62 bits per heavy atom. The van der Waals surface area contributed by atoms with Crippen LogP contribution in [0.3, 0.4) is 0 Å². The van der Waals surface area contributed by atoms with Crippen molar-refractivity contribution in [2.45, 2.75) is 0 Å². The lowest BCUT2D eigenvalue weighted by molar-refractivity contribution is 0.578. The van der Waals surface area contributed by atoms with Crippen LogP contribution in [0, 0.1) is 0 Å². The van der Waals surface area contributed by atoms with E-state index < -0.39 is 0 Å². The van der Waals surface area contributed by atoms with Gasteiger partial charge in [0.1, 0.15) is 11.5 Å². The average Bonchev–Trinajstić information content (AvgIpc) is 3.24. The second kappa shape index (κ2) is 5.54. The summed E-state index contributed by atoms with van der Waals surface area (Å²) in [5.74, 6) is 1.17. The lowest BCUT2D eigenvalue weighted by atomic mass is 10.1. The number of rotatable bonds is 3. The Morgan fingerprint density at radius 1 is 1.04 bits per heavy atom. The maximum absolute atomic E-state index is 12.0. The van der Waals surface area contributed by atoms with E-state index in [0.717, 1.165) is 5.56 Å². The molecule has 1 aromatic carbocycles. The van der Waals surface area contributed by atoms with Crippen LogP contribution < -0.4 is 11.3 Å². The molecule has 0 spiro atoms. The Hall–Kier alpha value is -3.61. The number of anilines is 1. The van der Waals surface area contributed by atoms with E-state index in [-0.39, 0.29) is 11.5 Å². The molecule has 3 aromatic heterocycles. The van der Waals surface area contributed by atoms with Crippen LogP contribution in [0.5, 0.6) is 0 Å². The van der Waals surface area contributed by atoms with E-state index in [1.165, 1.54) is 10.7 Å². The Morgan fingerprint density at radius 2 is 1.88 bits per heavy atom. The number of benzene rings is 1. The minimum atomic E-state index is -0.284. The molecule has 0 aliphatic rings. The first-order valence-corrected chi connectivity index (χ1v) is 7.27. The van der Waals surface area contributed by atoms with Crippen LogP contribution in [0.25, 0.3) is 28.7 Å². The number of nitrogens with one attached hydrogen (secondary N) is 1. The van der Waals surface area contributed by atoms with E-state index in [2.05, 4.69) is 15.1 Å². The van der Waals surface area contributed by atoms with Gasteiger partial charge in [-0.2, -0.15) is 9.78 Å². The van der Waals surface area contributed by atoms with Crippen LogP contribution >= 0.6 is 0 Å². The lowest BCUT2D eigenvalue weighted by Crippen LogP contribution is -2.15. The van der Waals surface area contributed by atoms with Crippen molar-refractivity contribution in [2.75, 3.05) is 5.73 Å². The number of hydrogen-bond acceptors (Lipinski definition) is 5. The summed E-state index contributed by atoms with van der Waals surface area (Å²) in [5, 5.41) is 4.36. The smallest absolute Gasteiger partial charge is 0.252 e. The summed E-state index contributed by atoms with van der Waals surface area (Å²) >= 11 is 0. The first-order chi connectivity index (χ1) is 11.7. The van der Waals surface area contributed by atoms with Gasteiger partial charge in [0.2, 0.25) is 5.95 Å². The molecule has 4 rings (SSSR count). The monoisotopic (exact) mass is 319 g/mol. The van der Waals surface area contributed by atoms with Crippen LogP contribution in [0.2, 0.25) is 0 Å². The van der Waals surface area contributed by atoms with E-state index in [4.69, 9.17) is 10.2 Å². The molecular formula is C17H13N5O2. The van der Waals surface area contributed by atoms with E-state index >= 15 is 0 Å². The van der Waals surface area contributed by atoms with Gasteiger partial charge in [-0.1, -0.05) is 30.3 Å². The van der Waals surface area contributed by atoms with Gasteiger partial charge < -0.3 is 10.2 Å². The minimum absolute atomic E-state index is 0.247. The molecule has 4 aromatic rings. The van der Waals surface area contributed by atoms with Gasteiger partial charge in [0.15, 0.2) is 5.76 Å². The van der Waals surface area contributed by atoms with Crippen LogP contribution in [0.15, 0.2) is 70.1 Å². The molecule has 0 fully saturated rings. The number of aromatic nitrogens is 4. The highest BCUT2D eigenvalue weighted by Gasteiger charge is 2.13. The second-order valence-corrected chi connectivity index (χ2v) is 5.16. The summed E-state index contributed by atoms with van der Waals surface area (Å²) in [4.78, 5) is 19.1. The summed E-state index contributed by atoms with van der Waals surface area (Å²) in [5.41, 5.74) is 7.67. The molecule has 0 bridgehead atoms. The molecule has 118 valence electrons. The van der Waals surface area contributed by atoms with Crippen LogP contribution in [0.1, 0.15) is 0 Å². The predicted octanol–water partition coefficient (Wildman–Crippen LogP) is 2.46. The van der Waals surface area contributed by atoms with E-state index in [1.807, 2.05) is 30.3 Å². The topological polar surface area (TPSA) is 103 Å². The quantitative estimate of drug-likeness (QED) is 0.604. The third-order valence-electron chi connectivity index (χ3n) is 3.51. The number of aromatic amines is 1. The summed E-state index contributed by atoms with van der Waals surface area (Å²) in [6, 6.07) is 16.1. The summed E-state index contributed by atoms with van der Waals surface area (Å²) in [6.07, 6.45) is 1.56. The van der Waals surface area contributed by atoms with E-state index in [1.54, 1.807) is 24.5 Å². The standard InChI is InChI=1S/C17H13N5O2/c18-15-9-13(14-7-4-8-24-14)21-22(15)17-19-12(10-16(23)20-17)11-5-2-1-3-6-11/h1-10H,18H2,(H,19,20,23). The highest BCUT2D eigenvalue weighted by atomic mass is 16.3. The molecule has 7 heteroatoms. The van der Waals surface area contributed by atoms with E-state index in [0.29, 0.717) is 23.0 Å². The number of hydrogen-bond donors (Lipinski definition) is 2. The van der Waals surface area contributed by atoms with E-state index in [9.17, 15) is 4.79 Å². The highest BCUT2D eigenvalue weighted by Crippen LogP contribution is 2.22. The van der Waals surface area contributed by atoms with Crippen molar-refractivity contribution < 1.29 is 4.42 Å². The molecule has 3 heterocycles. The number of nitrogens with two attached hydrogens (primary N) is 1. The van der Waals surface area contributed by atoms with Crippen molar-refractivity contribution in [1.29, 1.82) is 0 Å². The zero-order valence-electron chi connectivity index (χ0n) is 12.5.